The van der Waals surface area contributed by atoms with Crippen molar-refractivity contribution in [3.05, 3.63) is 36.4 Å². The summed E-state index contributed by atoms with van der Waals surface area (Å²) in [6.07, 6.45) is 0. The molecule has 1 aromatic heterocycles. The summed E-state index contributed by atoms with van der Waals surface area (Å²) in [5, 5.41) is 11.5. The molecule has 5 nitrogen and oxygen atoms in total. The maximum atomic E-state index is 12.2. The topological polar surface area (TPSA) is 59.0 Å². The lowest BCUT2D eigenvalue weighted by molar-refractivity contribution is -0.127. The highest BCUT2D eigenvalue weighted by Gasteiger charge is 2.25. The van der Waals surface area contributed by atoms with Crippen molar-refractivity contribution in [2.75, 3.05) is 18.8 Å². The van der Waals surface area contributed by atoms with Crippen molar-refractivity contribution in [2.45, 2.75) is 19.0 Å². The van der Waals surface area contributed by atoms with Crippen molar-refractivity contribution in [2.24, 2.45) is 0 Å². The number of rotatable bonds is 5. The first-order chi connectivity index (χ1) is 12.2. The van der Waals surface area contributed by atoms with Gasteiger partial charge in [0.25, 0.3) is 0 Å². The zero-order valence-corrected chi connectivity index (χ0v) is 15.0. The van der Waals surface area contributed by atoms with Gasteiger partial charge in [-0.1, -0.05) is 48.2 Å². The highest BCUT2D eigenvalue weighted by Crippen LogP contribution is 2.44. The van der Waals surface area contributed by atoms with Crippen LogP contribution in [0.25, 0.3) is 33.3 Å². The molecular formula is C19H18N4OS. The summed E-state index contributed by atoms with van der Waals surface area (Å²) in [4.78, 5) is 18.7. The third-order valence-corrected chi connectivity index (χ3v) is 5.35. The fourth-order valence-corrected chi connectivity index (χ4v) is 3.96. The van der Waals surface area contributed by atoms with Crippen LogP contribution in [0.5, 0.6) is 0 Å². The summed E-state index contributed by atoms with van der Waals surface area (Å²) >= 11 is 1.35. The van der Waals surface area contributed by atoms with Gasteiger partial charge in [0.1, 0.15) is 11.4 Å². The number of fused-ring (bicyclic) bond motifs is 3. The van der Waals surface area contributed by atoms with Crippen LogP contribution in [0.15, 0.2) is 41.6 Å². The van der Waals surface area contributed by atoms with Gasteiger partial charge in [0.2, 0.25) is 11.1 Å². The second-order valence-electron chi connectivity index (χ2n) is 5.86. The highest BCUT2D eigenvalue weighted by molar-refractivity contribution is 7.99. The molecule has 0 saturated carbocycles. The molecule has 6 heteroatoms. The van der Waals surface area contributed by atoms with Gasteiger partial charge in [0.05, 0.1) is 5.75 Å². The van der Waals surface area contributed by atoms with Crippen molar-refractivity contribution in [3.8, 4) is 22.5 Å². The number of nitrogens with zero attached hydrogens (tertiary/aromatic N) is 4. The average Bonchev–Trinajstić information content (AvgIpc) is 2.97. The third kappa shape index (κ3) is 2.66. The van der Waals surface area contributed by atoms with E-state index in [-0.39, 0.29) is 5.91 Å². The predicted molar refractivity (Wildman–Crippen MR) is 100 cm³/mol. The fraction of sp³-hybridized carbons (Fsp3) is 0.263. The molecule has 0 atom stereocenters. The molecule has 1 amide bonds. The molecule has 2 aromatic carbocycles. The summed E-state index contributed by atoms with van der Waals surface area (Å²) in [7, 11) is 0. The molecule has 1 heterocycles. The van der Waals surface area contributed by atoms with Crippen LogP contribution in [0.2, 0.25) is 0 Å². The van der Waals surface area contributed by atoms with Crippen molar-refractivity contribution in [1.82, 2.24) is 20.1 Å². The van der Waals surface area contributed by atoms with E-state index in [2.05, 4.69) is 34.5 Å². The minimum atomic E-state index is 0.101. The molecule has 0 saturated heterocycles. The van der Waals surface area contributed by atoms with Gasteiger partial charge < -0.3 is 4.90 Å². The second kappa shape index (κ2) is 6.44. The van der Waals surface area contributed by atoms with Crippen LogP contribution in [0.3, 0.4) is 0 Å². The Morgan fingerprint density at radius 2 is 1.68 bits per heavy atom. The summed E-state index contributed by atoms with van der Waals surface area (Å²) in [6.45, 7) is 5.40. The molecule has 0 fully saturated rings. The smallest absolute Gasteiger partial charge is 0.233 e. The number of benzene rings is 2. The predicted octanol–water partition coefficient (Wildman–Crippen LogP) is 3.63. The molecule has 0 radical (unpaired) electrons. The maximum Gasteiger partial charge on any atom is 0.233 e. The summed E-state index contributed by atoms with van der Waals surface area (Å²) in [6, 6.07) is 12.4. The molecule has 25 heavy (non-hydrogen) atoms. The highest BCUT2D eigenvalue weighted by atomic mass is 32.2. The van der Waals surface area contributed by atoms with Crippen molar-refractivity contribution >= 4 is 28.4 Å². The summed E-state index contributed by atoms with van der Waals surface area (Å²) in [5.41, 5.74) is 3.86. The zero-order valence-electron chi connectivity index (χ0n) is 14.2. The monoisotopic (exact) mass is 350 g/mol. The summed E-state index contributed by atoms with van der Waals surface area (Å²) < 4.78 is 0. The lowest BCUT2D eigenvalue weighted by Gasteiger charge is -2.17. The molecule has 0 bridgehead atoms. The minimum absolute atomic E-state index is 0.101. The zero-order chi connectivity index (χ0) is 17.4. The maximum absolute atomic E-state index is 12.2. The molecule has 126 valence electrons. The van der Waals surface area contributed by atoms with Gasteiger partial charge in [0.15, 0.2) is 0 Å². The largest absolute Gasteiger partial charge is 0.343 e. The Labute approximate surface area is 150 Å². The molecule has 0 unspecified atom stereocenters. The van der Waals surface area contributed by atoms with E-state index in [1.54, 1.807) is 0 Å². The number of carbonyl (C=O) groups excluding carboxylic acids is 1. The van der Waals surface area contributed by atoms with E-state index < -0.39 is 0 Å². The lowest BCUT2D eigenvalue weighted by atomic mass is 10.0. The molecule has 0 spiro atoms. The standard InChI is InChI=1S/C19H18N4OS/c1-3-23(4-2)15(24)11-25-19-20-17-13-9-5-7-12-8-6-10-14(16(12)13)18(17)21-22-19/h5-10H,3-4,11H2,1-2H3. The number of hydrogen-bond acceptors (Lipinski definition) is 5. The Kier molecular flexibility index (Phi) is 4.13. The quantitative estimate of drug-likeness (QED) is 0.514. The van der Waals surface area contributed by atoms with Gasteiger partial charge >= 0.3 is 0 Å². The Bertz CT molecular complexity index is 964. The Morgan fingerprint density at radius 1 is 1.00 bits per heavy atom. The molecule has 4 rings (SSSR count). The second-order valence-corrected chi connectivity index (χ2v) is 6.80. The van der Waals surface area contributed by atoms with Crippen LogP contribution in [-0.2, 0) is 4.79 Å². The van der Waals surface area contributed by atoms with E-state index in [0.717, 1.165) is 35.6 Å². The SMILES string of the molecule is CCN(CC)C(=O)CSc1nnc2c(n1)-c1cccc3cccc-2c13. The molecule has 0 N–H and O–H groups in total. The van der Waals surface area contributed by atoms with Crippen LogP contribution in [0, 0.1) is 0 Å². The first-order valence-electron chi connectivity index (χ1n) is 8.40. The van der Waals surface area contributed by atoms with E-state index in [1.807, 2.05) is 30.9 Å². The van der Waals surface area contributed by atoms with Gasteiger partial charge in [-0.25, -0.2) is 4.98 Å². The number of hydrogen-bond donors (Lipinski definition) is 0. The van der Waals surface area contributed by atoms with Gasteiger partial charge in [-0.15, -0.1) is 10.2 Å². The van der Waals surface area contributed by atoms with Crippen LogP contribution in [0.1, 0.15) is 13.8 Å². The molecule has 1 aliphatic rings. The molecule has 3 aromatic rings. The lowest BCUT2D eigenvalue weighted by Crippen LogP contribution is -2.31. The Morgan fingerprint density at radius 3 is 2.36 bits per heavy atom. The van der Waals surface area contributed by atoms with Crippen LogP contribution < -0.4 is 0 Å². The number of aromatic nitrogens is 3. The number of carbonyl (C=O) groups is 1. The first-order valence-corrected chi connectivity index (χ1v) is 9.39. The number of thioether (sulfide) groups is 1. The van der Waals surface area contributed by atoms with Gasteiger partial charge in [-0.05, 0) is 19.2 Å². The van der Waals surface area contributed by atoms with E-state index in [0.29, 0.717) is 10.9 Å². The Balaban J connectivity index is 1.65. The van der Waals surface area contributed by atoms with E-state index in [1.165, 1.54) is 22.5 Å². The van der Waals surface area contributed by atoms with Crippen molar-refractivity contribution < 1.29 is 4.79 Å². The Hall–Kier alpha value is -2.47. The van der Waals surface area contributed by atoms with Gasteiger partial charge in [-0.3, -0.25) is 4.79 Å². The van der Waals surface area contributed by atoms with E-state index in [9.17, 15) is 4.79 Å². The average molecular weight is 350 g/mol. The van der Waals surface area contributed by atoms with Gasteiger partial charge in [0, 0.05) is 29.6 Å². The molecule has 0 aliphatic heterocycles. The van der Waals surface area contributed by atoms with Crippen LogP contribution >= 0.6 is 11.8 Å². The minimum Gasteiger partial charge on any atom is -0.343 e. The first kappa shape index (κ1) is 16.0. The normalized spacial score (nSPS) is 11.6. The fourth-order valence-electron chi connectivity index (χ4n) is 3.27. The van der Waals surface area contributed by atoms with Gasteiger partial charge in [-0.2, -0.15) is 0 Å². The molecular weight excluding hydrogens is 332 g/mol. The van der Waals surface area contributed by atoms with Crippen LogP contribution in [-0.4, -0.2) is 44.8 Å². The third-order valence-electron chi connectivity index (χ3n) is 4.52. The molecule has 1 aliphatic carbocycles. The van der Waals surface area contributed by atoms with E-state index >= 15 is 0 Å². The van der Waals surface area contributed by atoms with Crippen molar-refractivity contribution in [3.63, 3.8) is 0 Å². The summed E-state index contributed by atoms with van der Waals surface area (Å²) in [5.74, 6) is 0.434. The number of amides is 1. The van der Waals surface area contributed by atoms with Crippen LogP contribution in [0.4, 0.5) is 0 Å². The van der Waals surface area contributed by atoms with E-state index in [4.69, 9.17) is 4.98 Å². The van der Waals surface area contributed by atoms with Crippen molar-refractivity contribution in [1.29, 1.82) is 0 Å².